The molecule has 0 atom stereocenters. The zero-order chi connectivity index (χ0) is 13.1. The average molecular weight is 255 g/mol. The van der Waals surface area contributed by atoms with Crippen LogP contribution in [0.15, 0.2) is 36.5 Å². The van der Waals surface area contributed by atoms with Crippen molar-refractivity contribution >= 4 is 16.7 Å². The fourth-order valence-corrected chi connectivity index (χ4v) is 2.66. The van der Waals surface area contributed by atoms with Crippen molar-refractivity contribution in [2.24, 2.45) is 5.92 Å². The molecule has 0 amide bonds. The van der Waals surface area contributed by atoms with Gasteiger partial charge in [0.25, 0.3) is 0 Å². The number of aromatic nitrogens is 1. The number of benzene rings is 1. The quantitative estimate of drug-likeness (QED) is 0.790. The summed E-state index contributed by atoms with van der Waals surface area (Å²) in [5.41, 5.74) is 1.69. The third-order valence-corrected chi connectivity index (χ3v) is 3.76. The number of nitrogens with zero attached hydrogens (tertiary/aromatic N) is 1. The molecule has 1 fully saturated rings. The van der Waals surface area contributed by atoms with Gasteiger partial charge in [0.05, 0.1) is 5.52 Å². The van der Waals surface area contributed by atoms with Crippen molar-refractivity contribution in [3.63, 3.8) is 0 Å². The van der Waals surface area contributed by atoms with Crippen LogP contribution < -0.4 is 0 Å². The van der Waals surface area contributed by atoms with Crippen molar-refractivity contribution < 1.29 is 9.53 Å². The van der Waals surface area contributed by atoms with Crippen LogP contribution in [0.5, 0.6) is 0 Å². The Bertz CT molecular complexity index is 583. The Morgan fingerprint density at radius 3 is 2.84 bits per heavy atom. The molecule has 0 N–H and O–H groups in total. The van der Waals surface area contributed by atoms with Crippen molar-refractivity contribution in [3.05, 3.63) is 42.1 Å². The molecule has 1 saturated heterocycles. The van der Waals surface area contributed by atoms with Crippen molar-refractivity contribution in [2.45, 2.75) is 19.3 Å². The number of fused-ring (bicyclic) bond motifs is 1. The van der Waals surface area contributed by atoms with E-state index in [1.165, 1.54) is 0 Å². The lowest BCUT2D eigenvalue weighted by Crippen LogP contribution is -2.18. The Morgan fingerprint density at radius 2 is 2.00 bits per heavy atom. The average Bonchev–Trinajstić information content (AvgIpc) is 2.47. The van der Waals surface area contributed by atoms with Gasteiger partial charge < -0.3 is 4.74 Å². The van der Waals surface area contributed by atoms with Gasteiger partial charge in [0.1, 0.15) is 0 Å². The molecule has 3 rings (SSSR count). The van der Waals surface area contributed by atoms with Crippen LogP contribution >= 0.6 is 0 Å². The number of para-hydroxylation sites is 1. The maximum atomic E-state index is 12.5. The summed E-state index contributed by atoms with van der Waals surface area (Å²) in [5, 5.41) is 0.960. The largest absolute Gasteiger partial charge is 0.381 e. The normalized spacial score (nSPS) is 16.6. The second-order valence-corrected chi connectivity index (χ2v) is 5.06. The van der Waals surface area contributed by atoms with Gasteiger partial charge in [-0.25, -0.2) is 0 Å². The van der Waals surface area contributed by atoms with E-state index in [0.717, 1.165) is 42.5 Å². The number of ether oxygens (including phenoxy) is 1. The highest BCUT2D eigenvalue weighted by Crippen LogP contribution is 2.23. The summed E-state index contributed by atoms with van der Waals surface area (Å²) >= 11 is 0. The molecule has 2 aromatic rings. The lowest BCUT2D eigenvalue weighted by atomic mass is 9.91. The summed E-state index contributed by atoms with van der Waals surface area (Å²) in [6.45, 7) is 1.57. The van der Waals surface area contributed by atoms with E-state index in [1.807, 2.05) is 30.3 Å². The first-order chi connectivity index (χ1) is 9.34. The molecular weight excluding hydrogens is 238 g/mol. The second kappa shape index (κ2) is 5.49. The molecule has 1 aromatic heterocycles. The third-order valence-electron chi connectivity index (χ3n) is 3.76. The number of rotatable bonds is 3. The van der Waals surface area contributed by atoms with Gasteiger partial charge in [-0.3, -0.25) is 9.78 Å². The monoisotopic (exact) mass is 255 g/mol. The van der Waals surface area contributed by atoms with Gasteiger partial charge >= 0.3 is 0 Å². The number of carbonyl (C=O) groups excluding carboxylic acids is 1. The molecule has 0 spiro atoms. The number of ketones is 1. The van der Waals surface area contributed by atoms with Crippen LogP contribution in [0.3, 0.4) is 0 Å². The molecule has 19 heavy (non-hydrogen) atoms. The van der Waals surface area contributed by atoms with Crippen LogP contribution in [0.25, 0.3) is 10.9 Å². The summed E-state index contributed by atoms with van der Waals surface area (Å²) in [6, 6.07) is 9.65. The SMILES string of the molecule is O=C(CC1CCOCC1)c1ccnc2ccccc12. The molecule has 98 valence electrons. The van der Waals surface area contributed by atoms with Crippen molar-refractivity contribution in [2.75, 3.05) is 13.2 Å². The van der Waals surface area contributed by atoms with E-state index in [9.17, 15) is 4.79 Å². The highest BCUT2D eigenvalue weighted by Gasteiger charge is 2.19. The molecule has 1 aliphatic rings. The molecule has 1 aliphatic heterocycles. The van der Waals surface area contributed by atoms with Gasteiger partial charge in [0.2, 0.25) is 0 Å². The van der Waals surface area contributed by atoms with Crippen LogP contribution in [0.2, 0.25) is 0 Å². The van der Waals surface area contributed by atoms with Crippen LogP contribution in [-0.2, 0) is 4.74 Å². The number of hydrogen-bond donors (Lipinski definition) is 0. The highest BCUT2D eigenvalue weighted by molar-refractivity contribution is 6.07. The van der Waals surface area contributed by atoms with Gasteiger partial charge in [0.15, 0.2) is 5.78 Å². The zero-order valence-electron chi connectivity index (χ0n) is 10.8. The van der Waals surface area contributed by atoms with Gasteiger partial charge in [-0.1, -0.05) is 18.2 Å². The summed E-state index contributed by atoms with van der Waals surface area (Å²) in [5.74, 6) is 0.693. The smallest absolute Gasteiger partial charge is 0.163 e. The number of hydrogen-bond acceptors (Lipinski definition) is 3. The topological polar surface area (TPSA) is 39.2 Å². The summed E-state index contributed by atoms with van der Waals surface area (Å²) in [7, 11) is 0. The van der Waals surface area contributed by atoms with E-state index < -0.39 is 0 Å². The van der Waals surface area contributed by atoms with E-state index in [-0.39, 0.29) is 5.78 Å². The standard InChI is InChI=1S/C16H17NO2/c18-16(11-12-6-9-19-10-7-12)14-5-8-17-15-4-2-1-3-13(14)15/h1-5,8,12H,6-7,9-11H2. The van der Waals surface area contributed by atoms with Crippen molar-refractivity contribution in [1.82, 2.24) is 4.98 Å². The molecule has 0 radical (unpaired) electrons. The first-order valence-corrected chi connectivity index (χ1v) is 6.79. The first kappa shape index (κ1) is 12.3. The Balaban J connectivity index is 1.85. The van der Waals surface area contributed by atoms with Crippen LogP contribution in [0, 0.1) is 5.92 Å². The molecule has 1 aromatic carbocycles. The van der Waals surface area contributed by atoms with Gasteiger partial charge in [-0.15, -0.1) is 0 Å². The van der Waals surface area contributed by atoms with Gasteiger partial charge in [-0.2, -0.15) is 0 Å². The third kappa shape index (κ3) is 2.66. The molecule has 0 saturated carbocycles. The molecule has 0 aliphatic carbocycles. The van der Waals surface area contributed by atoms with E-state index in [4.69, 9.17) is 4.74 Å². The fraction of sp³-hybridized carbons (Fsp3) is 0.375. The highest BCUT2D eigenvalue weighted by atomic mass is 16.5. The summed E-state index contributed by atoms with van der Waals surface area (Å²) in [6.07, 6.45) is 4.33. The molecular formula is C16H17NO2. The molecule has 0 unspecified atom stereocenters. The Morgan fingerprint density at radius 1 is 1.21 bits per heavy atom. The van der Waals surface area contributed by atoms with E-state index in [1.54, 1.807) is 6.20 Å². The maximum absolute atomic E-state index is 12.5. The van der Waals surface area contributed by atoms with E-state index >= 15 is 0 Å². The first-order valence-electron chi connectivity index (χ1n) is 6.79. The number of carbonyl (C=O) groups is 1. The minimum Gasteiger partial charge on any atom is -0.381 e. The zero-order valence-corrected chi connectivity index (χ0v) is 10.8. The van der Waals surface area contributed by atoms with E-state index in [2.05, 4.69) is 4.98 Å². The predicted octanol–water partition coefficient (Wildman–Crippen LogP) is 3.23. The van der Waals surface area contributed by atoms with Gasteiger partial charge in [0, 0.05) is 36.8 Å². The minimum absolute atomic E-state index is 0.227. The molecule has 3 heteroatoms. The maximum Gasteiger partial charge on any atom is 0.163 e. The minimum atomic E-state index is 0.227. The lowest BCUT2D eigenvalue weighted by molar-refractivity contribution is 0.0601. The van der Waals surface area contributed by atoms with Crippen LogP contribution in [0.1, 0.15) is 29.6 Å². The Hall–Kier alpha value is -1.74. The van der Waals surface area contributed by atoms with E-state index in [0.29, 0.717) is 12.3 Å². The van der Waals surface area contributed by atoms with Crippen molar-refractivity contribution in [1.29, 1.82) is 0 Å². The number of pyridine rings is 1. The van der Waals surface area contributed by atoms with Crippen LogP contribution in [0.4, 0.5) is 0 Å². The summed E-state index contributed by atoms with van der Waals surface area (Å²) in [4.78, 5) is 16.8. The molecule has 3 nitrogen and oxygen atoms in total. The predicted molar refractivity (Wildman–Crippen MR) is 74.2 cm³/mol. The van der Waals surface area contributed by atoms with Gasteiger partial charge in [-0.05, 0) is 30.9 Å². The Labute approximate surface area is 112 Å². The second-order valence-electron chi connectivity index (χ2n) is 5.06. The number of Topliss-reactive ketones (excluding diaryl/α,β-unsaturated/α-hetero) is 1. The fourth-order valence-electron chi connectivity index (χ4n) is 2.66. The lowest BCUT2D eigenvalue weighted by Gasteiger charge is -2.21. The molecule has 0 bridgehead atoms. The molecule has 2 heterocycles. The van der Waals surface area contributed by atoms with Crippen LogP contribution in [-0.4, -0.2) is 24.0 Å². The van der Waals surface area contributed by atoms with Crippen molar-refractivity contribution in [3.8, 4) is 0 Å². The summed E-state index contributed by atoms with van der Waals surface area (Å²) < 4.78 is 5.34. The Kier molecular flexibility index (Phi) is 3.56.